The van der Waals surface area contributed by atoms with Crippen molar-refractivity contribution in [3.05, 3.63) is 34.6 Å². The lowest BCUT2D eigenvalue weighted by molar-refractivity contribution is -0.142. The van der Waals surface area contributed by atoms with E-state index < -0.39 is 24.0 Å². The summed E-state index contributed by atoms with van der Waals surface area (Å²) in [6.07, 6.45) is 1.43. The molecule has 132 valence electrons. The van der Waals surface area contributed by atoms with Crippen molar-refractivity contribution in [1.29, 1.82) is 0 Å². The van der Waals surface area contributed by atoms with E-state index in [1.54, 1.807) is 16.8 Å². The Labute approximate surface area is 147 Å². The van der Waals surface area contributed by atoms with E-state index in [1.165, 1.54) is 4.90 Å². The third kappa shape index (κ3) is 3.53. The van der Waals surface area contributed by atoms with Gasteiger partial charge in [0.2, 0.25) is 4.77 Å². The van der Waals surface area contributed by atoms with Gasteiger partial charge in [0.25, 0.3) is 0 Å². The zero-order valence-corrected chi connectivity index (χ0v) is 14.0. The van der Waals surface area contributed by atoms with Crippen molar-refractivity contribution in [2.24, 2.45) is 0 Å². The number of anilines is 1. The molecule has 0 aliphatic carbocycles. The Kier molecular flexibility index (Phi) is 4.79. The van der Waals surface area contributed by atoms with Crippen LogP contribution in [0.1, 0.15) is 24.8 Å². The molecule has 0 bridgehead atoms. The first-order valence-electron chi connectivity index (χ1n) is 7.78. The lowest BCUT2D eigenvalue weighted by Gasteiger charge is -2.39. The third-order valence-corrected chi connectivity index (χ3v) is 4.61. The number of piperidine rings is 1. The number of aliphatic carboxylic acids is 2. The molecule has 25 heavy (non-hydrogen) atoms. The van der Waals surface area contributed by atoms with Gasteiger partial charge in [0.15, 0.2) is 0 Å². The summed E-state index contributed by atoms with van der Waals surface area (Å²) in [5.41, 5.74) is 1.48. The Morgan fingerprint density at radius 1 is 1.16 bits per heavy atom. The van der Waals surface area contributed by atoms with Crippen LogP contribution in [0.25, 0.3) is 0 Å². The molecule has 1 aliphatic heterocycles. The number of H-pyrrole nitrogens is 1. The molecule has 2 unspecified atom stereocenters. The number of aromatic amines is 1. The summed E-state index contributed by atoms with van der Waals surface area (Å²) in [7, 11) is 0. The van der Waals surface area contributed by atoms with Crippen LogP contribution in [-0.4, -0.2) is 54.4 Å². The number of carbonyl (C=O) groups is 2. The zero-order valence-electron chi connectivity index (χ0n) is 13.2. The number of rotatable bonds is 5. The summed E-state index contributed by atoms with van der Waals surface area (Å²) in [4.78, 5) is 24.6. The Balaban J connectivity index is 1.87. The van der Waals surface area contributed by atoms with E-state index in [0.29, 0.717) is 36.3 Å². The molecular formula is C15H17N5O4S. The van der Waals surface area contributed by atoms with Crippen LogP contribution in [0.3, 0.4) is 0 Å². The van der Waals surface area contributed by atoms with Gasteiger partial charge in [-0.25, -0.2) is 14.3 Å². The summed E-state index contributed by atoms with van der Waals surface area (Å²) in [5, 5.41) is 28.9. The van der Waals surface area contributed by atoms with E-state index in [-0.39, 0.29) is 0 Å². The lowest BCUT2D eigenvalue weighted by Crippen LogP contribution is -2.53. The topological polar surface area (TPSA) is 124 Å². The molecule has 0 saturated carbocycles. The molecule has 3 rings (SSSR count). The van der Waals surface area contributed by atoms with Crippen molar-refractivity contribution in [2.45, 2.75) is 37.9 Å². The highest BCUT2D eigenvalue weighted by Gasteiger charge is 2.38. The van der Waals surface area contributed by atoms with Crippen LogP contribution < -0.4 is 4.90 Å². The number of nitrogens with zero attached hydrogens (tertiary/aromatic N) is 4. The fraction of sp³-hybridized carbons (Fsp3) is 0.400. The van der Waals surface area contributed by atoms with Crippen molar-refractivity contribution in [3.8, 4) is 0 Å². The minimum atomic E-state index is -1.01. The first-order valence-corrected chi connectivity index (χ1v) is 8.19. The van der Waals surface area contributed by atoms with Gasteiger partial charge in [-0.05, 0) is 49.2 Å². The maximum Gasteiger partial charge on any atom is 0.326 e. The van der Waals surface area contributed by atoms with Crippen molar-refractivity contribution in [1.82, 2.24) is 20.2 Å². The van der Waals surface area contributed by atoms with Crippen molar-refractivity contribution in [2.75, 3.05) is 4.90 Å². The lowest BCUT2D eigenvalue weighted by atomic mass is 9.94. The average Bonchev–Trinajstić information content (AvgIpc) is 2.99. The molecule has 0 amide bonds. The van der Waals surface area contributed by atoms with Crippen LogP contribution in [0, 0.1) is 4.77 Å². The Bertz CT molecular complexity index is 809. The van der Waals surface area contributed by atoms with Crippen LogP contribution >= 0.6 is 12.2 Å². The summed E-state index contributed by atoms with van der Waals surface area (Å²) in [6, 6.07) is 5.41. The minimum Gasteiger partial charge on any atom is -0.480 e. The standard InChI is InChI=1S/C15H17N5O4S/c21-13(22)11-2-1-3-12(14(23)24)20(11)10-6-4-9(5-7-10)8-19-15(25)16-17-18-19/h4-7,11-12H,1-3,8H2,(H,21,22)(H,23,24)(H,16,18,25). The number of carboxylic acid groups (broad SMARTS) is 2. The molecule has 1 aromatic carbocycles. The molecule has 1 fully saturated rings. The number of tetrazole rings is 1. The minimum absolute atomic E-state index is 0.331. The highest BCUT2D eigenvalue weighted by atomic mass is 32.1. The third-order valence-electron chi connectivity index (χ3n) is 4.30. The molecular weight excluding hydrogens is 346 g/mol. The van der Waals surface area contributed by atoms with Crippen molar-refractivity contribution < 1.29 is 19.8 Å². The van der Waals surface area contributed by atoms with E-state index in [1.807, 2.05) is 12.1 Å². The fourth-order valence-electron chi connectivity index (χ4n) is 3.12. The van der Waals surface area contributed by atoms with E-state index in [4.69, 9.17) is 12.2 Å². The molecule has 0 radical (unpaired) electrons. The van der Waals surface area contributed by atoms with Crippen LogP contribution in [0.5, 0.6) is 0 Å². The highest BCUT2D eigenvalue weighted by Crippen LogP contribution is 2.30. The first-order chi connectivity index (χ1) is 12.0. The van der Waals surface area contributed by atoms with E-state index in [9.17, 15) is 19.8 Å². The van der Waals surface area contributed by atoms with Crippen molar-refractivity contribution >= 4 is 29.8 Å². The molecule has 3 N–H and O–H groups in total. The second-order valence-electron chi connectivity index (χ2n) is 5.88. The quantitative estimate of drug-likeness (QED) is 0.679. The average molecular weight is 363 g/mol. The summed E-state index contributed by atoms with van der Waals surface area (Å²) in [6.45, 7) is 0.441. The molecule has 1 saturated heterocycles. The number of aromatic nitrogens is 4. The van der Waals surface area contributed by atoms with E-state index in [0.717, 1.165) is 5.56 Å². The maximum absolute atomic E-state index is 11.6. The first kappa shape index (κ1) is 17.1. The normalized spacial score (nSPS) is 20.4. The van der Waals surface area contributed by atoms with Gasteiger partial charge in [-0.2, -0.15) is 5.21 Å². The van der Waals surface area contributed by atoms with Crippen molar-refractivity contribution in [3.63, 3.8) is 0 Å². The molecule has 9 nitrogen and oxygen atoms in total. The monoisotopic (exact) mass is 363 g/mol. The van der Waals surface area contributed by atoms with Gasteiger partial charge < -0.3 is 15.1 Å². The molecule has 1 aromatic heterocycles. The Morgan fingerprint density at radius 3 is 2.24 bits per heavy atom. The number of benzene rings is 1. The molecule has 2 atom stereocenters. The van der Waals surface area contributed by atoms with Gasteiger partial charge in [-0.1, -0.05) is 22.4 Å². The predicted octanol–water partition coefficient (Wildman–Crippen LogP) is 1.28. The maximum atomic E-state index is 11.6. The Morgan fingerprint density at radius 2 is 1.76 bits per heavy atom. The highest BCUT2D eigenvalue weighted by molar-refractivity contribution is 7.71. The molecule has 10 heteroatoms. The number of nitrogens with one attached hydrogen (secondary N) is 1. The van der Waals surface area contributed by atoms with E-state index in [2.05, 4.69) is 15.5 Å². The van der Waals surface area contributed by atoms with Gasteiger partial charge in [0, 0.05) is 5.69 Å². The predicted molar refractivity (Wildman–Crippen MR) is 89.9 cm³/mol. The van der Waals surface area contributed by atoms with Crippen LogP contribution in [0.15, 0.2) is 24.3 Å². The van der Waals surface area contributed by atoms with E-state index >= 15 is 0 Å². The smallest absolute Gasteiger partial charge is 0.326 e. The summed E-state index contributed by atoms with van der Waals surface area (Å²) in [5.74, 6) is -2.02. The van der Waals surface area contributed by atoms with Gasteiger partial charge >= 0.3 is 11.9 Å². The second kappa shape index (κ2) is 7.01. The van der Waals surface area contributed by atoms with Crippen LogP contribution in [0.4, 0.5) is 5.69 Å². The number of hydrogen-bond acceptors (Lipinski definition) is 6. The van der Waals surface area contributed by atoms with Gasteiger partial charge in [0.05, 0.1) is 6.54 Å². The fourth-order valence-corrected chi connectivity index (χ4v) is 3.27. The van der Waals surface area contributed by atoms with Gasteiger partial charge in [-0.15, -0.1) is 0 Å². The van der Waals surface area contributed by atoms with Gasteiger partial charge in [0.1, 0.15) is 12.1 Å². The van der Waals surface area contributed by atoms with Crippen LogP contribution in [0.2, 0.25) is 0 Å². The SMILES string of the molecule is O=C(O)C1CCCC(C(=O)O)N1c1ccc(Cn2[nH]nnc2=S)cc1. The summed E-state index contributed by atoms with van der Waals surface area (Å²) < 4.78 is 1.92. The Hall–Kier alpha value is -2.75. The molecule has 2 aromatic rings. The molecule has 2 heterocycles. The second-order valence-corrected chi connectivity index (χ2v) is 6.25. The zero-order chi connectivity index (χ0) is 18.0. The molecule has 1 aliphatic rings. The largest absolute Gasteiger partial charge is 0.480 e. The van der Waals surface area contributed by atoms with Crippen LogP contribution in [-0.2, 0) is 16.1 Å². The summed E-state index contributed by atoms with van der Waals surface area (Å²) >= 11 is 5.02. The van der Waals surface area contributed by atoms with Gasteiger partial charge in [-0.3, -0.25) is 0 Å². The molecule has 0 spiro atoms. The number of carboxylic acids is 2. The number of hydrogen-bond donors (Lipinski definition) is 3.